The van der Waals surface area contributed by atoms with E-state index in [0.29, 0.717) is 44.0 Å². The quantitative estimate of drug-likeness (QED) is 0.677. The SMILES string of the molecule is O=C(CCC(=O)OCCc1ccccc1)Nc1cccc(C(=O)N2CCOCC2)c1. The van der Waals surface area contributed by atoms with E-state index in [9.17, 15) is 14.4 Å². The van der Waals surface area contributed by atoms with Gasteiger partial charge in [-0.1, -0.05) is 36.4 Å². The lowest BCUT2D eigenvalue weighted by molar-refractivity contribution is -0.144. The van der Waals surface area contributed by atoms with Gasteiger partial charge in [0.15, 0.2) is 0 Å². The second kappa shape index (κ2) is 11.1. The summed E-state index contributed by atoms with van der Waals surface area (Å²) in [6.07, 6.45) is 0.668. The summed E-state index contributed by atoms with van der Waals surface area (Å²) < 4.78 is 10.5. The summed E-state index contributed by atoms with van der Waals surface area (Å²) in [6, 6.07) is 16.6. The highest BCUT2D eigenvalue weighted by molar-refractivity contribution is 5.97. The molecule has 7 heteroatoms. The minimum atomic E-state index is -0.405. The number of hydrogen-bond acceptors (Lipinski definition) is 5. The minimum Gasteiger partial charge on any atom is -0.465 e. The van der Waals surface area contributed by atoms with Gasteiger partial charge in [0.05, 0.1) is 26.2 Å². The Kier molecular flexibility index (Phi) is 7.97. The van der Waals surface area contributed by atoms with Crippen molar-refractivity contribution in [3.63, 3.8) is 0 Å². The number of hydrogen-bond donors (Lipinski definition) is 1. The number of rotatable bonds is 8. The molecule has 3 rings (SSSR count). The number of esters is 1. The average Bonchev–Trinajstić information content (AvgIpc) is 2.79. The molecule has 1 saturated heterocycles. The van der Waals surface area contributed by atoms with Crippen LogP contribution in [0.25, 0.3) is 0 Å². The third-order valence-electron chi connectivity index (χ3n) is 4.74. The lowest BCUT2D eigenvalue weighted by Gasteiger charge is -2.27. The molecule has 158 valence electrons. The average molecular weight is 410 g/mol. The molecule has 0 radical (unpaired) electrons. The van der Waals surface area contributed by atoms with Gasteiger partial charge in [-0.2, -0.15) is 0 Å². The van der Waals surface area contributed by atoms with Crippen LogP contribution >= 0.6 is 0 Å². The zero-order valence-electron chi connectivity index (χ0n) is 16.8. The molecule has 0 atom stereocenters. The van der Waals surface area contributed by atoms with Crippen molar-refractivity contribution in [1.82, 2.24) is 4.90 Å². The van der Waals surface area contributed by atoms with E-state index in [4.69, 9.17) is 9.47 Å². The fraction of sp³-hybridized carbons (Fsp3) is 0.348. The first kappa shape index (κ1) is 21.5. The van der Waals surface area contributed by atoms with Crippen LogP contribution in [0.4, 0.5) is 5.69 Å². The number of ether oxygens (including phenoxy) is 2. The molecule has 2 aromatic carbocycles. The first-order chi connectivity index (χ1) is 14.6. The summed E-state index contributed by atoms with van der Waals surface area (Å²) in [7, 11) is 0. The van der Waals surface area contributed by atoms with Crippen molar-refractivity contribution in [2.24, 2.45) is 0 Å². The van der Waals surface area contributed by atoms with E-state index in [1.165, 1.54) is 0 Å². The number of anilines is 1. The Morgan fingerprint density at radius 3 is 2.50 bits per heavy atom. The van der Waals surface area contributed by atoms with Gasteiger partial charge < -0.3 is 19.7 Å². The Morgan fingerprint density at radius 2 is 1.73 bits per heavy atom. The smallest absolute Gasteiger partial charge is 0.306 e. The van der Waals surface area contributed by atoms with E-state index in [0.717, 1.165) is 5.56 Å². The summed E-state index contributed by atoms with van der Waals surface area (Å²) in [6.45, 7) is 2.47. The third-order valence-corrected chi connectivity index (χ3v) is 4.74. The zero-order chi connectivity index (χ0) is 21.2. The van der Waals surface area contributed by atoms with Gasteiger partial charge in [0, 0.05) is 37.2 Å². The molecule has 1 N–H and O–H groups in total. The predicted octanol–water partition coefficient (Wildman–Crippen LogP) is 2.66. The summed E-state index contributed by atoms with van der Waals surface area (Å²) >= 11 is 0. The summed E-state index contributed by atoms with van der Waals surface area (Å²) in [5.74, 6) is -0.792. The number of carbonyl (C=O) groups is 3. The normalized spacial score (nSPS) is 13.5. The molecule has 2 aromatic rings. The van der Waals surface area contributed by atoms with Gasteiger partial charge in [0.2, 0.25) is 5.91 Å². The Morgan fingerprint density at radius 1 is 0.967 bits per heavy atom. The van der Waals surface area contributed by atoms with Crippen LogP contribution in [0, 0.1) is 0 Å². The Labute approximate surface area is 176 Å². The molecule has 30 heavy (non-hydrogen) atoms. The molecule has 1 heterocycles. The standard InChI is InChI=1S/C23H26N2O5/c26-21(9-10-22(27)30-14-11-18-5-2-1-3-6-18)24-20-8-4-7-19(17-20)23(28)25-12-15-29-16-13-25/h1-8,17H,9-16H2,(H,24,26). The van der Waals surface area contributed by atoms with Crippen LogP contribution in [0.1, 0.15) is 28.8 Å². The van der Waals surface area contributed by atoms with E-state index in [1.54, 1.807) is 29.2 Å². The van der Waals surface area contributed by atoms with Crippen LogP contribution in [0.15, 0.2) is 54.6 Å². The van der Waals surface area contributed by atoms with Gasteiger partial charge in [-0.15, -0.1) is 0 Å². The van der Waals surface area contributed by atoms with E-state index < -0.39 is 5.97 Å². The molecule has 1 fully saturated rings. The second-order valence-electron chi connectivity index (χ2n) is 6.99. The fourth-order valence-corrected chi connectivity index (χ4v) is 3.12. The van der Waals surface area contributed by atoms with E-state index in [1.807, 2.05) is 30.3 Å². The van der Waals surface area contributed by atoms with Gasteiger partial charge in [0.1, 0.15) is 0 Å². The molecule has 1 aliphatic rings. The van der Waals surface area contributed by atoms with Crippen molar-refractivity contribution in [2.45, 2.75) is 19.3 Å². The molecule has 0 aliphatic carbocycles. The Bertz CT molecular complexity index is 863. The van der Waals surface area contributed by atoms with Crippen LogP contribution in [0.2, 0.25) is 0 Å². The van der Waals surface area contributed by atoms with E-state index in [2.05, 4.69) is 5.32 Å². The molecule has 2 amide bonds. The lowest BCUT2D eigenvalue weighted by Crippen LogP contribution is -2.40. The van der Waals surface area contributed by atoms with Crippen LogP contribution < -0.4 is 5.32 Å². The maximum Gasteiger partial charge on any atom is 0.306 e. The molecular formula is C23H26N2O5. The predicted molar refractivity (Wildman–Crippen MR) is 112 cm³/mol. The maximum atomic E-state index is 12.6. The van der Waals surface area contributed by atoms with Crippen molar-refractivity contribution in [3.05, 3.63) is 65.7 Å². The van der Waals surface area contributed by atoms with Gasteiger partial charge in [-0.05, 0) is 23.8 Å². The number of nitrogens with zero attached hydrogens (tertiary/aromatic N) is 1. The second-order valence-corrected chi connectivity index (χ2v) is 6.99. The first-order valence-electron chi connectivity index (χ1n) is 10.1. The van der Waals surface area contributed by atoms with Crippen LogP contribution in [0.5, 0.6) is 0 Å². The van der Waals surface area contributed by atoms with Crippen molar-refractivity contribution in [1.29, 1.82) is 0 Å². The topological polar surface area (TPSA) is 84.9 Å². The molecule has 0 unspecified atom stereocenters. The van der Waals surface area contributed by atoms with Crippen LogP contribution in [0.3, 0.4) is 0 Å². The monoisotopic (exact) mass is 410 g/mol. The third kappa shape index (κ3) is 6.70. The Balaban J connectivity index is 1.41. The van der Waals surface area contributed by atoms with Gasteiger partial charge in [0.25, 0.3) is 5.91 Å². The number of carbonyl (C=O) groups excluding carboxylic acids is 3. The molecule has 0 aromatic heterocycles. The number of nitrogens with one attached hydrogen (secondary N) is 1. The molecule has 0 bridgehead atoms. The maximum absolute atomic E-state index is 12.6. The zero-order valence-corrected chi connectivity index (χ0v) is 16.8. The highest BCUT2D eigenvalue weighted by Crippen LogP contribution is 2.14. The number of morpholine rings is 1. The van der Waals surface area contributed by atoms with Gasteiger partial charge in [-0.25, -0.2) is 0 Å². The van der Waals surface area contributed by atoms with E-state index >= 15 is 0 Å². The summed E-state index contributed by atoms with van der Waals surface area (Å²) in [5.41, 5.74) is 2.13. The summed E-state index contributed by atoms with van der Waals surface area (Å²) in [4.78, 5) is 38.3. The van der Waals surface area contributed by atoms with Crippen molar-refractivity contribution in [3.8, 4) is 0 Å². The summed E-state index contributed by atoms with van der Waals surface area (Å²) in [5, 5.41) is 2.74. The molecular weight excluding hydrogens is 384 g/mol. The van der Waals surface area contributed by atoms with Crippen molar-refractivity contribution < 1.29 is 23.9 Å². The number of amides is 2. The van der Waals surface area contributed by atoms with Crippen LogP contribution in [-0.2, 0) is 25.5 Å². The Hall–Kier alpha value is -3.19. The number of benzene rings is 2. The molecule has 1 aliphatic heterocycles. The highest BCUT2D eigenvalue weighted by Gasteiger charge is 2.19. The van der Waals surface area contributed by atoms with Crippen molar-refractivity contribution in [2.75, 3.05) is 38.2 Å². The largest absolute Gasteiger partial charge is 0.465 e. The molecule has 7 nitrogen and oxygen atoms in total. The minimum absolute atomic E-state index is 0.00697. The van der Waals surface area contributed by atoms with Crippen molar-refractivity contribution >= 4 is 23.5 Å². The lowest BCUT2D eigenvalue weighted by atomic mass is 10.1. The molecule has 0 spiro atoms. The highest BCUT2D eigenvalue weighted by atomic mass is 16.5. The van der Waals surface area contributed by atoms with Crippen LogP contribution in [-0.4, -0.2) is 55.6 Å². The first-order valence-corrected chi connectivity index (χ1v) is 10.1. The van der Waals surface area contributed by atoms with Gasteiger partial charge in [-0.3, -0.25) is 14.4 Å². The van der Waals surface area contributed by atoms with Gasteiger partial charge >= 0.3 is 5.97 Å². The fourth-order valence-electron chi connectivity index (χ4n) is 3.12. The molecule has 0 saturated carbocycles. The van der Waals surface area contributed by atoms with E-state index in [-0.39, 0.29) is 31.3 Å².